The van der Waals surface area contributed by atoms with E-state index in [0.29, 0.717) is 28.6 Å². The summed E-state index contributed by atoms with van der Waals surface area (Å²) in [5.41, 5.74) is 1.70. The summed E-state index contributed by atoms with van der Waals surface area (Å²) in [6.45, 7) is 1.96. The second-order valence-corrected chi connectivity index (χ2v) is 6.04. The lowest BCUT2D eigenvalue weighted by Gasteiger charge is -2.19. The first-order chi connectivity index (χ1) is 12.4. The first kappa shape index (κ1) is 18.0. The van der Waals surface area contributed by atoms with Gasteiger partial charge in [-0.25, -0.2) is 4.98 Å². The molecule has 2 aromatic carbocycles. The number of carbonyl (C=O) groups excluding carboxylic acids is 1. The molecular weight excluding hydrogens is 343 g/mol. The Morgan fingerprint density at radius 1 is 1.19 bits per heavy atom. The summed E-state index contributed by atoms with van der Waals surface area (Å²) in [7, 11) is 0. The minimum Gasteiger partial charge on any atom is -0.345 e. The molecule has 0 radical (unpaired) electrons. The van der Waals surface area contributed by atoms with Gasteiger partial charge in [-0.2, -0.15) is 13.2 Å². The van der Waals surface area contributed by atoms with Crippen LogP contribution in [0, 0.1) is 0 Å². The first-order valence-electron chi connectivity index (χ1n) is 8.30. The number of H-pyrrole nitrogens is 1. The van der Waals surface area contributed by atoms with E-state index in [1.54, 1.807) is 18.2 Å². The zero-order valence-electron chi connectivity index (χ0n) is 14.1. The second-order valence-electron chi connectivity index (χ2n) is 6.04. The van der Waals surface area contributed by atoms with Crippen molar-refractivity contribution in [3.05, 3.63) is 65.5 Å². The molecule has 0 aliphatic heterocycles. The topological polar surface area (TPSA) is 57.8 Å². The van der Waals surface area contributed by atoms with Crippen molar-refractivity contribution in [1.29, 1.82) is 0 Å². The summed E-state index contributed by atoms with van der Waals surface area (Å²) < 4.78 is 38.2. The molecule has 0 aliphatic carbocycles. The fraction of sp³-hybridized carbons (Fsp3) is 0.263. The number of para-hydroxylation sites is 1. The molecule has 4 nitrogen and oxygen atoms in total. The number of alkyl halides is 3. The molecule has 7 heteroatoms. The Morgan fingerprint density at radius 2 is 1.92 bits per heavy atom. The maximum Gasteiger partial charge on any atom is 0.416 e. The van der Waals surface area contributed by atoms with Crippen LogP contribution in [0.5, 0.6) is 0 Å². The predicted molar refractivity (Wildman–Crippen MR) is 92.7 cm³/mol. The third-order valence-electron chi connectivity index (χ3n) is 4.22. The molecular formula is C19H18F3N3O. The molecule has 0 unspecified atom stereocenters. The van der Waals surface area contributed by atoms with Crippen molar-refractivity contribution in [2.75, 3.05) is 0 Å². The smallest absolute Gasteiger partial charge is 0.345 e. The number of imidazole rings is 1. The lowest BCUT2D eigenvalue weighted by atomic mass is 10.00. The van der Waals surface area contributed by atoms with Crippen LogP contribution in [0.25, 0.3) is 11.0 Å². The molecule has 1 amide bonds. The molecule has 0 saturated heterocycles. The number of carbonyl (C=O) groups is 1. The third kappa shape index (κ3) is 3.71. The van der Waals surface area contributed by atoms with Gasteiger partial charge in [-0.05, 0) is 36.2 Å². The van der Waals surface area contributed by atoms with E-state index < -0.39 is 11.7 Å². The highest BCUT2D eigenvalue weighted by molar-refractivity contribution is 6.04. The van der Waals surface area contributed by atoms with Gasteiger partial charge in [0.15, 0.2) is 0 Å². The van der Waals surface area contributed by atoms with Gasteiger partial charge in [0.1, 0.15) is 0 Å². The molecule has 2 N–H and O–H groups in total. The van der Waals surface area contributed by atoms with Crippen LogP contribution in [0.15, 0.2) is 48.8 Å². The molecule has 0 bridgehead atoms. The minimum atomic E-state index is -4.38. The van der Waals surface area contributed by atoms with Crippen molar-refractivity contribution in [1.82, 2.24) is 15.3 Å². The maximum atomic E-state index is 12.7. The summed E-state index contributed by atoms with van der Waals surface area (Å²) in [6, 6.07) is 9.77. The predicted octanol–water partition coefficient (Wildman–Crippen LogP) is 4.85. The molecule has 1 aromatic heterocycles. The quantitative estimate of drug-likeness (QED) is 0.682. The van der Waals surface area contributed by atoms with Crippen molar-refractivity contribution in [3.63, 3.8) is 0 Å². The molecule has 0 spiro atoms. The van der Waals surface area contributed by atoms with Crippen LogP contribution >= 0.6 is 0 Å². The van der Waals surface area contributed by atoms with E-state index in [1.807, 2.05) is 6.92 Å². The highest BCUT2D eigenvalue weighted by Crippen LogP contribution is 2.30. The molecule has 0 fully saturated rings. The Bertz CT molecular complexity index is 900. The number of aromatic amines is 1. The molecule has 136 valence electrons. The van der Waals surface area contributed by atoms with Crippen LogP contribution < -0.4 is 5.32 Å². The number of aromatic nitrogens is 2. The van der Waals surface area contributed by atoms with Crippen LogP contribution in [-0.4, -0.2) is 15.9 Å². The normalized spacial score (nSPS) is 12.9. The SMILES string of the molecule is CCC[C@H](NC(=O)c1cccc2nc[nH]c12)c1ccc(C(F)(F)F)cc1. The van der Waals surface area contributed by atoms with E-state index in [-0.39, 0.29) is 11.9 Å². The number of benzene rings is 2. The highest BCUT2D eigenvalue weighted by atomic mass is 19.4. The summed E-state index contributed by atoms with van der Waals surface area (Å²) in [5, 5.41) is 2.92. The zero-order chi connectivity index (χ0) is 18.7. The second kappa shape index (κ2) is 7.19. The first-order valence-corrected chi connectivity index (χ1v) is 8.30. The van der Waals surface area contributed by atoms with E-state index in [4.69, 9.17) is 0 Å². The van der Waals surface area contributed by atoms with E-state index in [2.05, 4.69) is 15.3 Å². The van der Waals surface area contributed by atoms with Gasteiger partial charge in [0.05, 0.1) is 34.5 Å². The molecule has 26 heavy (non-hydrogen) atoms. The van der Waals surface area contributed by atoms with Crippen LogP contribution in [0.3, 0.4) is 0 Å². The van der Waals surface area contributed by atoms with Crippen molar-refractivity contribution >= 4 is 16.9 Å². The van der Waals surface area contributed by atoms with Crippen LogP contribution in [-0.2, 0) is 6.18 Å². The lowest BCUT2D eigenvalue weighted by molar-refractivity contribution is -0.137. The van der Waals surface area contributed by atoms with E-state index in [9.17, 15) is 18.0 Å². The van der Waals surface area contributed by atoms with Gasteiger partial charge >= 0.3 is 6.18 Å². The van der Waals surface area contributed by atoms with Crippen molar-refractivity contribution in [2.45, 2.75) is 32.0 Å². The summed E-state index contributed by atoms with van der Waals surface area (Å²) >= 11 is 0. The number of hydrogen-bond acceptors (Lipinski definition) is 2. The fourth-order valence-electron chi connectivity index (χ4n) is 2.91. The van der Waals surface area contributed by atoms with E-state index in [1.165, 1.54) is 18.5 Å². The van der Waals surface area contributed by atoms with Crippen LogP contribution in [0.4, 0.5) is 13.2 Å². The van der Waals surface area contributed by atoms with E-state index in [0.717, 1.165) is 18.6 Å². The van der Waals surface area contributed by atoms with Gasteiger partial charge in [0, 0.05) is 0 Å². The molecule has 3 aromatic rings. The Hall–Kier alpha value is -2.83. The monoisotopic (exact) mass is 361 g/mol. The Morgan fingerprint density at radius 3 is 2.58 bits per heavy atom. The zero-order valence-corrected chi connectivity index (χ0v) is 14.1. The number of fused-ring (bicyclic) bond motifs is 1. The number of nitrogens with zero attached hydrogens (tertiary/aromatic N) is 1. The van der Waals surface area contributed by atoms with Gasteiger partial charge in [-0.3, -0.25) is 4.79 Å². The van der Waals surface area contributed by atoms with Gasteiger partial charge < -0.3 is 10.3 Å². The van der Waals surface area contributed by atoms with Gasteiger partial charge in [0.2, 0.25) is 0 Å². The van der Waals surface area contributed by atoms with Gasteiger partial charge in [-0.1, -0.05) is 31.5 Å². The Kier molecular flexibility index (Phi) is 4.97. The molecule has 0 saturated carbocycles. The summed E-state index contributed by atoms with van der Waals surface area (Å²) in [5.74, 6) is -0.293. The summed E-state index contributed by atoms with van der Waals surface area (Å²) in [4.78, 5) is 19.8. The molecule has 0 aliphatic rings. The standard InChI is InChI=1S/C19H18F3N3O/c1-2-4-15(12-7-9-13(10-8-12)19(20,21)22)25-18(26)14-5-3-6-16-17(14)24-11-23-16/h3,5-11,15H,2,4H2,1H3,(H,23,24)(H,25,26)/t15-/m0/s1. The number of amides is 1. The van der Waals surface area contributed by atoms with Crippen LogP contribution in [0.1, 0.15) is 47.3 Å². The number of rotatable bonds is 5. The van der Waals surface area contributed by atoms with Crippen molar-refractivity contribution in [2.24, 2.45) is 0 Å². The van der Waals surface area contributed by atoms with Gasteiger partial charge in [-0.15, -0.1) is 0 Å². The summed E-state index contributed by atoms with van der Waals surface area (Å²) in [6.07, 6.45) is -1.46. The number of hydrogen-bond donors (Lipinski definition) is 2. The molecule has 1 atom stereocenters. The minimum absolute atomic E-state index is 0.293. The largest absolute Gasteiger partial charge is 0.416 e. The highest BCUT2D eigenvalue weighted by Gasteiger charge is 2.30. The maximum absolute atomic E-state index is 12.7. The number of nitrogens with one attached hydrogen (secondary N) is 2. The molecule has 3 rings (SSSR count). The van der Waals surface area contributed by atoms with Crippen LogP contribution in [0.2, 0.25) is 0 Å². The van der Waals surface area contributed by atoms with Crippen molar-refractivity contribution < 1.29 is 18.0 Å². The number of halogens is 3. The lowest BCUT2D eigenvalue weighted by Crippen LogP contribution is -2.28. The fourth-order valence-corrected chi connectivity index (χ4v) is 2.91. The van der Waals surface area contributed by atoms with Gasteiger partial charge in [0.25, 0.3) is 5.91 Å². The Labute approximate surface area is 148 Å². The van der Waals surface area contributed by atoms with E-state index >= 15 is 0 Å². The third-order valence-corrected chi connectivity index (χ3v) is 4.22. The average molecular weight is 361 g/mol. The molecule has 1 heterocycles. The average Bonchev–Trinajstić information content (AvgIpc) is 3.09. The van der Waals surface area contributed by atoms with Crippen molar-refractivity contribution in [3.8, 4) is 0 Å². The Balaban J connectivity index is 1.84.